The Bertz CT molecular complexity index is 907. The number of fused-ring (bicyclic) bond motifs is 1. The quantitative estimate of drug-likeness (QED) is 0.613. The van der Waals surface area contributed by atoms with E-state index in [2.05, 4.69) is 5.32 Å². The van der Waals surface area contributed by atoms with E-state index in [9.17, 15) is 14.4 Å². The predicted molar refractivity (Wildman–Crippen MR) is 94.7 cm³/mol. The molecule has 3 rings (SSSR count). The van der Waals surface area contributed by atoms with E-state index in [0.717, 1.165) is 0 Å². The first-order valence-corrected chi connectivity index (χ1v) is 8.01. The van der Waals surface area contributed by atoms with Crippen molar-refractivity contribution in [3.63, 3.8) is 0 Å². The van der Waals surface area contributed by atoms with E-state index in [0.29, 0.717) is 28.5 Å². The number of carbonyl (C=O) groups is 3. The minimum absolute atomic E-state index is 0.122. The summed E-state index contributed by atoms with van der Waals surface area (Å²) in [6.07, 6.45) is 0. The Hall–Kier alpha value is -3.55. The number of methoxy groups -OCH3 is 2. The highest BCUT2D eigenvalue weighted by atomic mass is 16.5. The Morgan fingerprint density at radius 1 is 1.04 bits per heavy atom. The number of nitrogens with one attached hydrogen (secondary N) is 1. The third-order valence-corrected chi connectivity index (χ3v) is 3.89. The Balaban J connectivity index is 1.65. The lowest BCUT2D eigenvalue weighted by Gasteiger charge is -2.18. The molecule has 0 radical (unpaired) electrons. The van der Waals surface area contributed by atoms with Crippen LogP contribution in [-0.4, -0.2) is 45.1 Å². The fourth-order valence-corrected chi connectivity index (χ4v) is 2.51. The Labute approximate surface area is 155 Å². The molecule has 1 amide bonds. The van der Waals surface area contributed by atoms with Gasteiger partial charge in [-0.2, -0.15) is 0 Å². The van der Waals surface area contributed by atoms with Crippen LogP contribution in [0.15, 0.2) is 36.4 Å². The maximum atomic E-state index is 12.3. The van der Waals surface area contributed by atoms with E-state index in [1.54, 1.807) is 18.2 Å². The second-order valence-electron chi connectivity index (χ2n) is 5.62. The van der Waals surface area contributed by atoms with Crippen molar-refractivity contribution in [2.24, 2.45) is 0 Å². The van der Waals surface area contributed by atoms with Gasteiger partial charge in [0.2, 0.25) is 0 Å². The van der Waals surface area contributed by atoms with Gasteiger partial charge in [-0.05, 0) is 36.4 Å². The summed E-state index contributed by atoms with van der Waals surface area (Å²) in [6.45, 7) is -0.549. The van der Waals surface area contributed by atoms with E-state index in [1.165, 1.54) is 32.4 Å². The average Bonchev–Trinajstić information content (AvgIpc) is 2.70. The number of rotatable bonds is 6. The van der Waals surface area contributed by atoms with Gasteiger partial charge in [-0.25, -0.2) is 4.79 Å². The van der Waals surface area contributed by atoms with Crippen molar-refractivity contribution in [3.05, 3.63) is 47.5 Å². The summed E-state index contributed by atoms with van der Waals surface area (Å²) >= 11 is 0. The lowest BCUT2D eigenvalue weighted by Crippen LogP contribution is -2.25. The standard InChI is InChI=1S/C19H17NO7/c1-24-15-6-4-11(7-17(15)25-2)14(21)9-27-19(23)12-3-5-13-16(8-12)26-10-18(22)20-13/h3-8H,9-10H2,1-2H3,(H,20,22). The lowest BCUT2D eigenvalue weighted by atomic mass is 10.1. The molecule has 0 bridgehead atoms. The highest BCUT2D eigenvalue weighted by Gasteiger charge is 2.19. The van der Waals surface area contributed by atoms with Gasteiger partial charge in [0, 0.05) is 5.56 Å². The molecular formula is C19H17NO7. The van der Waals surface area contributed by atoms with Gasteiger partial charge in [0.1, 0.15) is 5.75 Å². The first-order valence-electron chi connectivity index (χ1n) is 8.01. The molecule has 0 fully saturated rings. The van der Waals surface area contributed by atoms with Crippen molar-refractivity contribution in [2.75, 3.05) is 32.8 Å². The molecule has 1 N–H and O–H groups in total. The summed E-state index contributed by atoms with van der Waals surface area (Å²) in [5, 5.41) is 2.63. The summed E-state index contributed by atoms with van der Waals surface area (Å²) in [5.74, 6) is -0.0535. The van der Waals surface area contributed by atoms with Gasteiger partial charge in [-0.15, -0.1) is 0 Å². The molecule has 0 aliphatic carbocycles. The van der Waals surface area contributed by atoms with Gasteiger partial charge in [-0.3, -0.25) is 9.59 Å². The van der Waals surface area contributed by atoms with E-state index in [1.807, 2.05) is 0 Å². The normalized spacial score (nSPS) is 12.3. The van der Waals surface area contributed by atoms with Crippen LogP contribution in [0, 0.1) is 0 Å². The predicted octanol–water partition coefficient (Wildman–Crippen LogP) is 2.07. The van der Waals surface area contributed by atoms with Crippen LogP contribution in [0.5, 0.6) is 17.2 Å². The highest BCUT2D eigenvalue weighted by Crippen LogP contribution is 2.29. The Kier molecular flexibility index (Phi) is 5.25. The summed E-state index contributed by atoms with van der Waals surface area (Å²) in [6, 6.07) is 9.16. The number of carbonyl (C=O) groups excluding carboxylic acids is 3. The smallest absolute Gasteiger partial charge is 0.338 e. The fraction of sp³-hybridized carbons (Fsp3) is 0.211. The number of ether oxygens (including phenoxy) is 4. The molecule has 140 valence electrons. The largest absolute Gasteiger partial charge is 0.493 e. The minimum Gasteiger partial charge on any atom is -0.493 e. The zero-order chi connectivity index (χ0) is 19.4. The van der Waals surface area contributed by atoms with Gasteiger partial charge in [-0.1, -0.05) is 0 Å². The molecule has 0 aromatic heterocycles. The number of hydrogen-bond donors (Lipinski definition) is 1. The zero-order valence-corrected chi connectivity index (χ0v) is 14.7. The van der Waals surface area contributed by atoms with Crippen molar-refractivity contribution < 1.29 is 33.3 Å². The van der Waals surface area contributed by atoms with Crippen LogP contribution >= 0.6 is 0 Å². The summed E-state index contributed by atoms with van der Waals surface area (Å²) in [7, 11) is 2.96. The molecule has 2 aromatic rings. The van der Waals surface area contributed by atoms with Crippen LogP contribution in [0.1, 0.15) is 20.7 Å². The Morgan fingerprint density at radius 3 is 2.52 bits per heavy atom. The molecule has 1 aliphatic rings. The second kappa shape index (κ2) is 7.77. The molecular weight excluding hydrogens is 354 g/mol. The molecule has 27 heavy (non-hydrogen) atoms. The number of amides is 1. The van der Waals surface area contributed by atoms with Gasteiger partial charge < -0.3 is 24.3 Å². The van der Waals surface area contributed by atoms with Crippen LogP contribution < -0.4 is 19.5 Å². The topological polar surface area (TPSA) is 100 Å². The number of anilines is 1. The number of Topliss-reactive ketones (excluding diaryl/α,β-unsaturated/α-hetero) is 1. The fourth-order valence-electron chi connectivity index (χ4n) is 2.51. The van der Waals surface area contributed by atoms with E-state index in [-0.39, 0.29) is 23.9 Å². The average molecular weight is 371 g/mol. The lowest BCUT2D eigenvalue weighted by molar-refractivity contribution is -0.118. The summed E-state index contributed by atoms with van der Waals surface area (Å²) in [5.41, 5.74) is 1.02. The SMILES string of the molecule is COc1ccc(C(=O)COC(=O)c2ccc3c(c2)OCC(=O)N3)cc1OC. The first kappa shape index (κ1) is 18.2. The van der Waals surface area contributed by atoms with Gasteiger partial charge in [0.05, 0.1) is 25.5 Å². The van der Waals surface area contributed by atoms with Crippen molar-refractivity contribution in [1.82, 2.24) is 0 Å². The van der Waals surface area contributed by atoms with Crippen LogP contribution in [0.25, 0.3) is 0 Å². The van der Waals surface area contributed by atoms with Gasteiger partial charge in [0.25, 0.3) is 5.91 Å². The molecule has 1 aliphatic heterocycles. The van der Waals surface area contributed by atoms with E-state index in [4.69, 9.17) is 18.9 Å². The highest BCUT2D eigenvalue weighted by molar-refractivity contribution is 6.00. The number of benzene rings is 2. The maximum Gasteiger partial charge on any atom is 0.338 e. The van der Waals surface area contributed by atoms with Crippen molar-refractivity contribution >= 4 is 23.3 Å². The van der Waals surface area contributed by atoms with Crippen molar-refractivity contribution in [1.29, 1.82) is 0 Å². The van der Waals surface area contributed by atoms with Crippen molar-refractivity contribution in [3.8, 4) is 17.2 Å². The molecule has 0 saturated heterocycles. The van der Waals surface area contributed by atoms with Gasteiger partial charge in [0.15, 0.2) is 30.5 Å². The molecule has 8 nitrogen and oxygen atoms in total. The molecule has 0 unspecified atom stereocenters. The zero-order valence-electron chi connectivity index (χ0n) is 14.7. The summed E-state index contributed by atoms with van der Waals surface area (Å²) in [4.78, 5) is 35.7. The molecule has 8 heteroatoms. The van der Waals surface area contributed by atoms with Crippen LogP contribution in [0.4, 0.5) is 5.69 Å². The van der Waals surface area contributed by atoms with Crippen molar-refractivity contribution in [2.45, 2.75) is 0 Å². The number of hydrogen-bond acceptors (Lipinski definition) is 7. The summed E-state index contributed by atoms with van der Waals surface area (Å²) < 4.78 is 20.6. The molecule has 0 atom stereocenters. The molecule has 0 spiro atoms. The number of esters is 1. The Morgan fingerprint density at radius 2 is 1.78 bits per heavy atom. The van der Waals surface area contributed by atoms with Crippen LogP contribution in [0.3, 0.4) is 0 Å². The van der Waals surface area contributed by atoms with E-state index >= 15 is 0 Å². The van der Waals surface area contributed by atoms with Crippen LogP contribution in [0.2, 0.25) is 0 Å². The van der Waals surface area contributed by atoms with E-state index < -0.39 is 12.6 Å². The molecule has 1 heterocycles. The van der Waals surface area contributed by atoms with Gasteiger partial charge >= 0.3 is 5.97 Å². The monoisotopic (exact) mass is 371 g/mol. The second-order valence-corrected chi connectivity index (χ2v) is 5.62. The first-order chi connectivity index (χ1) is 13.0. The third kappa shape index (κ3) is 4.00. The third-order valence-electron chi connectivity index (χ3n) is 3.89. The molecule has 0 saturated carbocycles. The maximum absolute atomic E-state index is 12.3. The number of ketones is 1. The molecule has 2 aromatic carbocycles. The van der Waals surface area contributed by atoms with Crippen LogP contribution in [-0.2, 0) is 9.53 Å². The minimum atomic E-state index is -0.674.